The SMILES string of the molecule is CC(CO)c1ccccc1S(N)(=O)=O. The first kappa shape index (κ1) is 11.2. The van der Waals surface area contributed by atoms with Gasteiger partial charge in [0.15, 0.2) is 0 Å². The van der Waals surface area contributed by atoms with Crippen LogP contribution in [-0.4, -0.2) is 20.1 Å². The number of primary sulfonamides is 1. The molecule has 0 amide bonds. The summed E-state index contributed by atoms with van der Waals surface area (Å²) >= 11 is 0. The molecule has 1 rings (SSSR count). The lowest BCUT2D eigenvalue weighted by Gasteiger charge is -2.12. The topological polar surface area (TPSA) is 80.4 Å². The molecule has 0 heterocycles. The zero-order chi connectivity index (χ0) is 10.8. The Morgan fingerprint density at radius 2 is 2.00 bits per heavy atom. The largest absolute Gasteiger partial charge is 0.396 e. The number of hydrogen-bond donors (Lipinski definition) is 2. The molecule has 0 saturated heterocycles. The highest BCUT2D eigenvalue weighted by atomic mass is 32.2. The molecule has 0 radical (unpaired) electrons. The number of sulfonamides is 1. The standard InChI is InChI=1S/C9H13NO3S/c1-7(6-11)8-4-2-3-5-9(8)14(10,12)13/h2-5,7,11H,6H2,1H3,(H2,10,12,13). The van der Waals surface area contributed by atoms with Crippen LogP contribution in [0.4, 0.5) is 0 Å². The highest BCUT2D eigenvalue weighted by molar-refractivity contribution is 7.89. The van der Waals surface area contributed by atoms with Gasteiger partial charge in [0.05, 0.1) is 4.90 Å². The minimum absolute atomic E-state index is 0.0848. The van der Waals surface area contributed by atoms with Gasteiger partial charge in [-0.15, -0.1) is 0 Å². The van der Waals surface area contributed by atoms with Crippen LogP contribution < -0.4 is 5.14 Å². The van der Waals surface area contributed by atoms with Gasteiger partial charge in [0, 0.05) is 12.5 Å². The fraction of sp³-hybridized carbons (Fsp3) is 0.333. The Kier molecular flexibility index (Phi) is 3.25. The highest BCUT2D eigenvalue weighted by Gasteiger charge is 2.16. The Balaban J connectivity index is 3.30. The molecule has 0 aliphatic rings. The number of aliphatic hydroxyl groups is 1. The van der Waals surface area contributed by atoms with Crippen molar-refractivity contribution in [2.24, 2.45) is 5.14 Å². The minimum Gasteiger partial charge on any atom is -0.396 e. The summed E-state index contributed by atoms with van der Waals surface area (Å²) in [5.41, 5.74) is 0.553. The van der Waals surface area contributed by atoms with Crippen molar-refractivity contribution in [3.05, 3.63) is 29.8 Å². The average molecular weight is 215 g/mol. The van der Waals surface area contributed by atoms with E-state index in [-0.39, 0.29) is 17.4 Å². The summed E-state index contributed by atoms with van der Waals surface area (Å²) in [5, 5.41) is 14.0. The van der Waals surface area contributed by atoms with Crippen LogP contribution in [0.25, 0.3) is 0 Å². The van der Waals surface area contributed by atoms with Crippen LogP contribution in [-0.2, 0) is 10.0 Å². The molecule has 1 aromatic rings. The molecule has 78 valence electrons. The van der Waals surface area contributed by atoms with E-state index in [1.54, 1.807) is 25.1 Å². The molecule has 0 aliphatic carbocycles. The third kappa shape index (κ3) is 2.31. The maximum Gasteiger partial charge on any atom is 0.238 e. The van der Waals surface area contributed by atoms with E-state index in [2.05, 4.69) is 0 Å². The van der Waals surface area contributed by atoms with Crippen molar-refractivity contribution in [2.45, 2.75) is 17.7 Å². The van der Waals surface area contributed by atoms with E-state index in [0.29, 0.717) is 5.56 Å². The molecule has 0 saturated carbocycles. The molecule has 14 heavy (non-hydrogen) atoms. The Hall–Kier alpha value is -0.910. The highest BCUT2D eigenvalue weighted by Crippen LogP contribution is 2.22. The Bertz CT molecular complexity index is 414. The molecule has 3 N–H and O–H groups in total. The van der Waals surface area contributed by atoms with Crippen LogP contribution >= 0.6 is 0 Å². The van der Waals surface area contributed by atoms with E-state index >= 15 is 0 Å². The van der Waals surface area contributed by atoms with E-state index < -0.39 is 10.0 Å². The summed E-state index contributed by atoms with van der Waals surface area (Å²) in [7, 11) is -3.70. The molecule has 5 heteroatoms. The third-order valence-corrected chi connectivity index (χ3v) is 3.02. The molecule has 1 unspecified atom stereocenters. The Morgan fingerprint density at radius 3 is 2.50 bits per heavy atom. The van der Waals surface area contributed by atoms with Crippen molar-refractivity contribution in [1.82, 2.24) is 0 Å². The van der Waals surface area contributed by atoms with Gasteiger partial charge in [0.2, 0.25) is 10.0 Å². The summed E-state index contributed by atoms with van der Waals surface area (Å²) in [6, 6.07) is 6.42. The molecule has 0 fully saturated rings. The maximum atomic E-state index is 11.2. The lowest BCUT2D eigenvalue weighted by atomic mass is 10.0. The second-order valence-electron chi connectivity index (χ2n) is 3.17. The van der Waals surface area contributed by atoms with E-state index in [9.17, 15) is 8.42 Å². The van der Waals surface area contributed by atoms with E-state index in [4.69, 9.17) is 10.2 Å². The second-order valence-corrected chi connectivity index (χ2v) is 4.70. The van der Waals surface area contributed by atoms with Gasteiger partial charge in [-0.3, -0.25) is 0 Å². The predicted molar refractivity (Wildman–Crippen MR) is 53.3 cm³/mol. The van der Waals surface area contributed by atoms with Crippen LogP contribution in [0.3, 0.4) is 0 Å². The normalized spacial score (nSPS) is 13.9. The van der Waals surface area contributed by atoms with Crippen molar-refractivity contribution >= 4 is 10.0 Å². The number of aliphatic hydroxyl groups excluding tert-OH is 1. The fourth-order valence-electron chi connectivity index (χ4n) is 1.25. The first-order valence-electron chi connectivity index (χ1n) is 4.19. The van der Waals surface area contributed by atoms with Gasteiger partial charge in [-0.2, -0.15) is 0 Å². The Labute approximate surface area is 83.4 Å². The van der Waals surface area contributed by atoms with Gasteiger partial charge >= 0.3 is 0 Å². The van der Waals surface area contributed by atoms with Crippen molar-refractivity contribution in [3.63, 3.8) is 0 Å². The van der Waals surface area contributed by atoms with Gasteiger partial charge in [-0.1, -0.05) is 25.1 Å². The summed E-state index contributed by atoms with van der Waals surface area (Å²) in [6.45, 7) is 1.64. The number of nitrogens with two attached hydrogens (primary N) is 1. The first-order valence-corrected chi connectivity index (χ1v) is 5.74. The minimum atomic E-state index is -3.70. The van der Waals surface area contributed by atoms with Gasteiger partial charge in [0.1, 0.15) is 0 Å². The molecule has 0 bridgehead atoms. The predicted octanol–water partition coefficient (Wildman–Crippen LogP) is 0.430. The molecule has 1 aromatic carbocycles. The summed E-state index contributed by atoms with van der Waals surface area (Å²) in [5.74, 6) is -0.232. The Morgan fingerprint density at radius 1 is 1.43 bits per heavy atom. The van der Waals surface area contributed by atoms with E-state index in [1.807, 2.05) is 0 Å². The lowest BCUT2D eigenvalue weighted by Crippen LogP contribution is -2.16. The van der Waals surface area contributed by atoms with Crippen LogP contribution in [0.2, 0.25) is 0 Å². The van der Waals surface area contributed by atoms with Crippen LogP contribution in [0, 0.1) is 0 Å². The van der Waals surface area contributed by atoms with Crippen molar-refractivity contribution in [2.75, 3.05) is 6.61 Å². The quantitative estimate of drug-likeness (QED) is 0.767. The molecule has 1 atom stereocenters. The van der Waals surface area contributed by atoms with E-state index in [0.717, 1.165) is 0 Å². The van der Waals surface area contributed by atoms with Crippen molar-refractivity contribution in [3.8, 4) is 0 Å². The van der Waals surface area contributed by atoms with Crippen LogP contribution in [0.5, 0.6) is 0 Å². The maximum absolute atomic E-state index is 11.2. The number of benzene rings is 1. The fourth-order valence-corrected chi connectivity index (χ4v) is 2.11. The number of hydrogen-bond acceptors (Lipinski definition) is 3. The van der Waals surface area contributed by atoms with Gasteiger partial charge in [0.25, 0.3) is 0 Å². The summed E-state index contributed by atoms with van der Waals surface area (Å²) in [6.07, 6.45) is 0. The van der Waals surface area contributed by atoms with Crippen molar-refractivity contribution < 1.29 is 13.5 Å². The summed E-state index contributed by atoms with van der Waals surface area (Å²) < 4.78 is 22.3. The third-order valence-electron chi connectivity index (χ3n) is 2.03. The summed E-state index contributed by atoms with van der Waals surface area (Å²) in [4.78, 5) is 0.0848. The van der Waals surface area contributed by atoms with Gasteiger partial charge < -0.3 is 5.11 Å². The number of rotatable bonds is 3. The molecular weight excluding hydrogens is 202 g/mol. The van der Waals surface area contributed by atoms with Gasteiger partial charge in [-0.05, 0) is 11.6 Å². The first-order chi connectivity index (χ1) is 6.46. The lowest BCUT2D eigenvalue weighted by molar-refractivity contribution is 0.272. The zero-order valence-corrected chi connectivity index (χ0v) is 8.66. The molecule has 0 spiro atoms. The molecular formula is C9H13NO3S. The smallest absolute Gasteiger partial charge is 0.238 e. The van der Waals surface area contributed by atoms with Crippen LogP contribution in [0.1, 0.15) is 18.4 Å². The molecule has 4 nitrogen and oxygen atoms in total. The van der Waals surface area contributed by atoms with Gasteiger partial charge in [-0.25, -0.2) is 13.6 Å². The average Bonchev–Trinajstić information content (AvgIpc) is 2.15. The van der Waals surface area contributed by atoms with Crippen LogP contribution in [0.15, 0.2) is 29.2 Å². The van der Waals surface area contributed by atoms with E-state index in [1.165, 1.54) is 6.07 Å². The monoisotopic (exact) mass is 215 g/mol. The second kappa shape index (κ2) is 4.08. The van der Waals surface area contributed by atoms with Crippen molar-refractivity contribution in [1.29, 1.82) is 0 Å². The zero-order valence-electron chi connectivity index (χ0n) is 7.84. The molecule has 0 aromatic heterocycles. The molecule has 0 aliphatic heterocycles.